The molecule has 0 saturated heterocycles. The van der Waals surface area contributed by atoms with Crippen LogP contribution < -0.4 is 16.9 Å². The molecule has 0 aliphatic heterocycles. The number of phenolic OH excluding ortho intramolecular Hbond substituents is 2. The Hall–Kier alpha value is -8.72. The Morgan fingerprint density at radius 3 is 1.57 bits per heavy atom. The molecule has 0 radical (unpaired) electrons. The van der Waals surface area contributed by atoms with E-state index in [1.54, 1.807) is 78.3 Å². The van der Waals surface area contributed by atoms with Crippen LogP contribution in [0.15, 0.2) is 147 Å². The normalized spacial score (nSPS) is 10.8. The molecule has 0 aliphatic rings. The molecule has 8 N–H and O–H groups in total. The van der Waals surface area contributed by atoms with Gasteiger partial charge in [0.05, 0.1) is 33.9 Å². The van der Waals surface area contributed by atoms with E-state index < -0.39 is 11.9 Å². The number of carboxylic acids is 2. The van der Waals surface area contributed by atoms with Gasteiger partial charge in [0.2, 0.25) is 0 Å². The maximum Gasteiger partial charge on any atom is 0.335 e. The largest absolute Gasteiger partial charge is 0.505 e. The van der Waals surface area contributed by atoms with Crippen molar-refractivity contribution in [2.24, 2.45) is 10.2 Å². The predicted molar refractivity (Wildman–Crippen MR) is 251 cm³/mol. The minimum absolute atomic E-state index is 0.0178. The number of carboxylic acid groups (broad SMARTS) is 2. The van der Waals surface area contributed by atoms with Crippen molar-refractivity contribution < 1.29 is 30.0 Å². The topological polar surface area (TPSA) is 241 Å². The van der Waals surface area contributed by atoms with Crippen molar-refractivity contribution in [2.75, 3.05) is 5.73 Å². The fraction of sp³-hybridized carbons (Fsp3) is 0.120. The first-order valence-corrected chi connectivity index (χ1v) is 20.2. The van der Waals surface area contributed by atoms with Crippen LogP contribution in [0.4, 0.5) is 17.1 Å². The molecule has 330 valence electrons. The first kappa shape index (κ1) is 45.8. The van der Waals surface area contributed by atoms with E-state index in [1.165, 1.54) is 40.1 Å². The number of aromatic carboxylic acids is 2. The molecule has 8 aromatic rings. The number of hydrogen-bond donors (Lipinski definition) is 7. The zero-order valence-electron chi connectivity index (χ0n) is 36.4. The number of hydrogen-bond acceptors (Lipinski definition) is 9. The second kappa shape index (κ2) is 19.5. The number of anilines is 1. The molecule has 0 saturated carbocycles. The second-order valence-electron chi connectivity index (χ2n) is 15.3. The van der Waals surface area contributed by atoms with E-state index in [0.717, 1.165) is 22.5 Å². The number of aryl methyl sites for hydroxylation is 6. The molecule has 0 spiro atoms. The molecule has 0 amide bonds. The Bertz CT molecular complexity index is 3230. The quantitative estimate of drug-likeness (QED) is 0.0436. The van der Waals surface area contributed by atoms with Gasteiger partial charge < -0.3 is 26.2 Å². The molecule has 0 aliphatic carbocycles. The summed E-state index contributed by atoms with van der Waals surface area (Å²) in [6.45, 7) is 11.7. The number of rotatable bonds is 8. The number of nitrogens with zero attached hydrogens (tertiary/aromatic N) is 4. The van der Waals surface area contributed by atoms with Crippen LogP contribution in [0.25, 0.3) is 33.6 Å². The van der Waals surface area contributed by atoms with Gasteiger partial charge in [-0.2, -0.15) is 0 Å². The maximum absolute atomic E-state index is 12.9. The first-order chi connectivity index (χ1) is 30.9. The van der Waals surface area contributed by atoms with Gasteiger partial charge in [-0.3, -0.25) is 19.8 Å². The van der Waals surface area contributed by atoms with Gasteiger partial charge in [-0.05, 0) is 136 Å². The van der Waals surface area contributed by atoms with Gasteiger partial charge in [0, 0.05) is 22.9 Å². The molecule has 2 heterocycles. The average molecular weight is 874 g/mol. The van der Waals surface area contributed by atoms with Crippen LogP contribution in [-0.4, -0.2) is 51.9 Å². The summed E-state index contributed by atoms with van der Waals surface area (Å²) in [6.07, 6.45) is 0. The van der Waals surface area contributed by atoms with Gasteiger partial charge in [-0.1, -0.05) is 60.7 Å². The number of H-pyrrole nitrogens is 2. The van der Waals surface area contributed by atoms with Crippen LogP contribution in [0.3, 0.4) is 0 Å². The molecule has 0 bridgehead atoms. The fourth-order valence-electron chi connectivity index (χ4n) is 6.65. The molecule has 0 fully saturated rings. The molecule has 65 heavy (non-hydrogen) atoms. The zero-order valence-corrected chi connectivity index (χ0v) is 36.4. The third-order valence-electron chi connectivity index (χ3n) is 10.6. The van der Waals surface area contributed by atoms with Crippen LogP contribution in [0.5, 0.6) is 11.5 Å². The van der Waals surface area contributed by atoms with E-state index in [9.17, 15) is 34.5 Å². The number of benzene rings is 6. The minimum atomic E-state index is -1.06. The zero-order chi connectivity index (χ0) is 47.1. The van der Waals surface area contributed by atoms with Gasteiger partial charge in [-0.25, -0.2) is 19.0 Å². The Balaban J connectivity index is 0.000000182. The third kappa shape index (κ3) is 10.5. The summed E-state index contributed by atoms with van der Waals surface area (Å²) in [5.41, 5.74) is 15.7. The first-order valence-electron chi connectivity index (χ1n) is 20.2. The predicted octanol–water partition coefficient (Wildman–Crippen LogP) is 10.0. The van der Waals surface area contributed by atoms with Gasteiger partial charge in [0.15, 0.2) is 11.4 Å². The van der Waals surface area contributed by atoms with Crippen molar-refractivity contribution in [3.05, 3.63) is 193 Å². The highest BCUT2D eigenvalue weighted by molar-refractivity contribution is 5.91. The summed E-state index contributed by atoms with van der Waals surface area (Å²) in [5.74, 6) is -2.26. The van der Waals surface area contributed by atoms with E-state index in [2.05, 4.69) is 27.3 Å². The highest BCUT2D eigenvalue weighted by Gasteiger charge is 2.15. The Morgan fingerprint density at radius 1 is 0.554 bits per heavy atom. The highest BCUT2D eigenvalue weighted by Crippen LogP contribution is 2.38. The van der Waals surface area contributed by atoms with Gasteiger partial charge >= 0.3 is 11.9 Å². The summed E-state index contributed by atoms with van der Waals surface area (Å²) in [6, 6.07) is 35.7. The number of nitrogen functional groups attached to an aromatic ring is 1. The Morgan fingerprint density at radius 2 is 1.06 bits per heavy atom. The molecule has 6 aromatic carbocycles. The van der Waals surface area contributed by atoms with Gasteiger partial charge in [0.1, 0.15) is 11.4 Å². The lowest BCUT2D eigenvalue weighted by Crippen LogP contribution is -2.14. The molecule has 15 nitrogen and oxygen atoms in total. The number of aromatic amines is 2. The van der Waals surface area contributed by atoms with Crippen molar-refractivity contribution in [3.8, 4) is 45.1 Å². The SMILES string of the molecule is Cc1cc(=O)n(-c2ccc(C)c(C)c2)[nH]1.Cc1ccc(-n2[nH]c(C)c(N=Nc3cccc(-c4cccc(C(=O)O)c4)c3O)c2=O)cc1C.Nc1cccc(-c2cccc(C(=O)O)c2)c1O. The monoisotopic (exact) mass is 873 g/mol. The van der Waals surface area contributed by atoms with E-state index in [1.807, 2.05) is 64.1 Å². The van der Waals surface area contributed by atoms with Crippen molar-refractivity contribution >= 4 is 29.0 Å². The van der Waals surface area contributed by atoms with E-state index in [4.69, 9.17) is 10.8 Å². The number of carbonyl (C=O) groups is 2. The molecule has 15 heteroatoms. The second-order valence-corrected chi connectivity index (χ2v) is 15.3. The lowest BCUT2D eigenvalue weighted by Gasteiger charge is -2.07. The smallest absolute Gasteiger partial charge is 0.335 e. The van der Waals surface area contributed by atoms with E-state index in [0.29, 0.717) is 33.6 Å². The van der Waals surface area contributed by atoms with Crippen LogP contribution in [0.2, 0.25) is 0 Å². The number of nitrogens with two attached hydrogens (primary N) is 1. The maximum atomic E-state index is 12.9. The summed E-state index contributed by atoms with van der Waals surface area (Å²) in [5, 5.41) is 52.9. The lowest BCUT2D eigenvalue weighted by atomic mass is 10.0. The van der Waals surface area contributed by atoms with E-state index >= 15 is 0 Å². The Labute approximate surface area is 373 Å². The summed E-state index contributed by atoms with van der Waals surface area (Å²) in [4.78, 5) is 46.6. The van der Waals surface area contributed by atoms with Crippen molar-refractivity contribution in [2.45, 2.75) is 41.5 Å². The van der Waals surface area contributed by atoms with Crippen molar-refractivity contribution in [1.82, 2.24) is 19.6 Å². The lowest BCUT2D eigenvalue weighted by molar-refractivity contribution is 0.0686. The molecule has 0 unspecified atom stereocenters. The molecule has 0 atom stereocenters. The summed E-state index contributed by atoms with van der Waals surface area (Å²) >= 11 is 0. The summed E-state index contributed by atoms with van der Waals surface area (Å²) in [7, 11) is 0. The highest BCUT2D eigenvalue weighted by atomic mass is 16.4. The number of phenols is 2. The number of para-hydroxylation sites is 2. The third-order valence-corrected chi connectivity index (χ3v) is 10.6. The molecule has 8 rings (SSSR count). The molecular formula is C50H47N7O8. The number of nitrogens with one attached hydrogen (secondary N) is 2. The number of aromatic nitrogens is 4. The van der Waals surface area contributed by atoms with Crippen molar-refractivity contribution in [1.29, 1.82) is 0 Å². The van der Waals surface area contributed by atoms with Crippen LogP contribution >= 0.6 is 0 Å². The number of azo groups is 1. The van der Waals surface area contributed by atoms with Crippen molar-refractivity contribution in [3.63, 3.8) is 0 Å². The van der Waals surface area contributed by atoms with Crippen LogP contribution in [0, 0.1) is 41.5 Å². The fourth-order valence-corrected chi connectivity index (χ4v) is 6.65. The number of aromatic hydroxyl groups is 2. The molecule has 2 aromatic heterocycles. The van der Waals surface area contributed by atoms with Crippen LogP contribution in [-0.2, 0) is 0 Å². The average Bonchev–Trinajstić information content (AvgIpc) is 3.78. The van der Waals surface area contributed by atoms with Gasteiger partial charge in [-0.15, -0.1) is 10.2 Å². The van der Waals surface area contributed by atoms with Gasteiger partial charge in [0.25, 0.3) is 11.1 Å². The Kier molecular flexibility index (Phi) is 13.8. The minimum Gasteiger partial charge on any atom is -0.505 e. The standard InChI is InChI=1S/C25H22N4O4.C13H11NO3.C12H14N2O/c1-14-10-11-19(12-15(14)2)29-24(31)22(16(3)28-29)27-26-21-9-5-8-20(23(21)30)17-6-4-7-18(13-17)25(32)33;14-11-6-2-5-10(12(11)15)8-3-1-4-9(7-8)13(16)17;1-8-4-5-11(6-9(8)2)14-12(15)7-10(3)13-14/h4-13,28,30H,1-3H3,(H,32,33);1-7,15H,14H2,(H,16,17);4-7,13H,1-3H3. The van der Waals surface area contributed by atoms with Crippen LogP contribution in [0.1, 0.15) is 54.4 Å². The van der Waals surface area contributed by atoms with E-state index in [-0.39, 0.29) is 50.8 Å². The molecular weight excluding hydrogens is 827 g/mol. The summed E-state index contributed by atoms with van der Waals surface area (Å²) < 4.78 is 2.96.